The fourth-order valence-corrected chi connectivity index (χ4v) is 5.65. The number of amides is 1. The Hall–Kier alpha value is -2.68. The molecule has 2 atom stereocenters. The largest absolute Gasteiger partial charge is 0.418 e. The van der Waals surface area contributed by atoms with Crippen molar-refractivity contribution in [3.05, 3.63) is 57.0 Å². The summed E-state index contributed by atoms with van der Waals surface area (Å²) in [6, 6.07) is 3.74. The highest BCUT2D eigenvalue weighted by atomic mass is 32.1. The molecule has 176 valence electrons. The average Bonchev–Trinajstić information content (AvgIpc) is 3.11. The topological polar surface area (TPSA) is 64.0 Å². The van der Waals surface area contributed by atoms with Gasteiger partial charge >= 0.3 is 6.18 Å². The minimum atomic E-state index is -4.61. The molecule has 4 rings (SSSR count). The van der Waals surface area contributed by atoms with Crippen LogP contribution in [0.25, 0.3) is 10.2 Å². The Balaban J connectivity index is 1.65. The third-order valence-corrected chi connectivity index (χ3v) is 7.67. The predicted molar refractivity (Wildman–Crippen MR) is 124 cm³/mol. The number of nitrogens with zero attached hydrogens (tertiary/aromatic N) is 2. The van der Waals surface area contributed by atoms with Crippen molar-refractivity contribution in [3.63, 3.8) is 0 Å². The van der Waals surface area contributed by atoms with Gasteiger partial charge < -0.3 is 5.32 Å². The Labute approximate surface area is 193 Å². The van der Waals surface area contributed by atoms with Gasteiger partial charge in [-0.15, -0.1) is 11.3 Å². The summed E-state index contributed by atoms with van der Waals surface area (Å²) in [5.41, 5.74) is -0.450. The zero-order chi connectivity index (χ0) is 24.1. The maximum atomic E-state index is 13.3. The van der Waals surface area contributed by atoms with E-state index in [1.54, 1.807) is 0 Å². The molecule has 2 heterocycles. The lowest BCUT2D eigenvalue weighted by Crippen LogP contribution is -2.32. The Bertz CT molecular complexity index is 1270. The van der Waals surface area contributed by atoms with Gasteiger partial charge in [0, 0.05) is 4.88 Å². The van der Waals surface area contributed by atoms with Gasteiger partial charge in [0.05, 0.1) is 23.0 Å². The van der Waals surface area contributed by atoms with Crippen LogP contribution in [0, 0.1) is 11.3 Å². The van der Waals surface area contributed by atoms with E-state index in [2.05, 4.69) is 31.1 Å². The van der Waals surface area contributed by atoms with Crippen LogP contribution in [0.15, 0.2) is 35.4 Å². The Morgan fingerprint density at radius 3 is 2.61 bits per heavy atom. The molecule has 1 aliphatic carbocycles. The third kappa shape index (κ3) is 4.43. The maximum Gasteiger partial charge on any atom is 0.418 e. The highest BCUT2D eigenvalue weighted by Gasteiger charge is 2.35. The molecule has 0 aliphatic heterocycles. The summed E-state index contributed by atoms with van der Waals surface area (Å²) in [5.74, 6) is -0.203. The highest BCUT2D eigenvalue weighted by Crippen LogP contribution is 2.42. The number of thiophene rings is 1. The summed E-state index contributed by atoms with van der Waals surface area (Å²) in [4.78, 5) is 32.4. The van der Waals surface area contributed by atoms with Gasteiger partial charge in [0.15, 0.2) is 0 Å². The lowest BCUT2D eigenvalue weighted by molar-refractivity contribution is -0.137. The van der Waals surface area contributed by atoms with Gasteiger partial charge in [0.25, 0.3) is 5.56 Å². The monoisotopic (exact) mass is 477 g/mol. The molecule has 0 fully saturated rings. The van der Waals surface area contributed by atoms with Gasteiger partial charge in [-0.25, -0.2) is 4.98 Å². The third-order valence-electron chi connectivity index (χ3n) is 6.51. The van der Waals surface area contributed by atoms with E-state index in [0.29, 0.717) is 16.1 Å². The first-order chi connectivity index (χ1) is 15.4. The van der Waals surface area contributed by atoms with Gasteiger partial charge in [0.1, 0.15) is 10.9 Å². The molecule has 2 aromatic heterocycles. The second kappa shape index (κ2) is 8.27. The number of aryl methyl sites for hydroxylation is 1. The van der Waals surface area contributed by atoms with Crippen molar-refractivity contribution in [2.24, 2.45) is 11.3 Å². The van der Waals surface area contributed by atoms with Gasteiger partial charge in [-0.3, -0.25) is 14.2 Å². The van der Waals surface area contributed by atoms with Crippen LogP contribution in [0.1, 0.15) is 56.2 Å². The highest BCUT2D eigenvalue weighted by molar-refractivity contribution is 7.18. The molecule has 5 nitrogen and oxygen atoms in total. The molecule has 0 radical (unpaired) electrons. The number of hydrogen-bond acceptors (Lipinski definition) is 4. The second-order valence-electron chi connectivity index (χ2n) is 9.66. The number of alkyl halides is 3. The summed E-state index contributed by atoms with van der Waals surface area (Å²) >= 11 is 1.52. The molecule has 9 heteroatoms. The van der Waals surface area contributed by atoms with E-state index in [1.807, 2.05) is 0 Å². The number of carbonyl (C=O) groups excluding carboxylic acids is 1. The molecule has 0 spiro atoms. The van der Waals surface area contributed by atoms with Crippen LogP contribution in [-0.4, -0.2) is 15.5 Å². The first-order valence-electron chi connectivity index (χ1n) is 10.9. The molecule has 1 N–H and O–H groups in total. The van der Waals surface area contributed by atoms with Crippen molar-refractivity contribution in [2.45, 2.75) is 59.2 Å². The summed E-state index contributed by atoms with van der Waals surface area (Å²) in [6.45, 7) is 8.14. The normalized spacial score (nSPS) is 17.6. The van der Waals surface area contributed by atoms with Crippen LogP contribution in [0.2, 0.25) is 0 Å². The smallest absolute Gasteiger partial charge is 0.324 e. The molecule has 1 amide bonds. The fraction of sp³-hybridized carbons (Fsp3) is 0.458. The molecular formula is C24H26F3N3O2S. The molecule has 2 unspecified atom stereocenters. The second-order valence-corrected chi connectivity index (χ2v) is 10.7. The number of carbonyl (C=O) groups is 1. The molecule has 0 saturated heterocycles. The summed E-state index contributed by atoms with van der Waals surface area (Å²) in [6.07, 6.45) is -0.652. The van der Waals surface area contributed by atoms with Crippen molar-refractivity contribution in [1.82, 2.24) is 9.55 Å². The number of para-hydroxylation sites is 1. The SMILES string of the molecule is CC(C(=O)Nc1ccccc1C(F)(F)F)n1cnc2sc3c(c2c1=O)CCC(C(C)(C)C)C3. The van der Waals surface area contributed by atoms with Crippen LogP contribution in [0.5, 0.6) is 0 Å². The van der Waals surface area contributed by atoms with Crippen LogP contribution in [0.4, 0.5) is 18.9 Å². The van der Waals surface area contributed by atoms with Gasteiger partial charge in [-0.1, -0.05) is 32.9 Å². The minimum absolute atomic E-state index is 0.167. The van der Waals surface area contributed by atoms with Gasteiger partial charge in [-0.05, 0) is 55.2 Å². The van der Waals surface area contributed by atoms with E-state index < -0.39 is 23.7 Å². The number of fused-ring (bicyclic) bond motifs is 3. The van der Waals surface area contributed by atoms with Crippen molar-refractivity contribution in [3.8, 4) is 0 Å². The van der Waals surface area contributed by atoms with Crippen LogP contribution in [-0.2, 0) is 23.8 Å². The van der Waals surface area contributed by atoms with E-state index in [1.165, 1.54) is 47.4 Å². The van der Waals surface area contributed by atoms with Crippen LogP contribution >= 0.6 is 11.3 Å². The lowest BCUT2D eigenvalue weighted by atomic mass is 9.72. The predicted octanol–water partition coefficient (Wildman–Crippen LogP) is 5.83. The van der Waals surface area contributed by atoms with Crippen LogP contribution < -0.4 is 10.9 Å². The molecule has 1 aromatic carbocycles. The number of hydrogen-bond donors (Lipinski definition) is 1. The fourth-order valence-electron chi connectivity index (χ4n) is 4.40. The van der Waals surface area contributed by atoms with E-state index >= 15 is 0 Å². The van der Waals surface area contributed by atoms with Gasteiger partial charge in [-0.2, -0.15) is 13.2 Å². The lowest BCUT2D eigenvalue weighted by Gasteiger charge is -2.33. The van der Waals surface area contributed by atoms with E-state index in [4.69, 9.17) is 0 Å². The Morgan fingerprint density at radius 2 is 1.94 bits per heavy atom. The Morgan fingerprint density at radius 1 is 1.24 bits per heavy atom. The zero-order valence-corrected chi connectivity index (χ0v) is 19.7. The van der Waals surface area contributed by atoms with E-state index in [0.717, 1.165) is 35.8 Å². The quantitative estimate of drug-likeness (QED) is 0.516. The molecule has 3 aromatic rings. The molecular weight excluding hydrogens is 451 g/mol. The first-order valence-corrected chi connectivity index (χ1v) is 11.7. The summed E-state index contributed by atoms with van der Waals surface area (Å²) in [7, 11) is 0. The van der Waals surface area contributed by atoms with Crippen LogP contribution in [0.3, 0.4) is 0 Å². The summed E-state index contributed by atoms with van der Waals surface area (Å²) < 4.78 is 41.0. The number of benzene rings is 1. The van der Waals surface area contributed by atoms with Crippen molar-refractivity contribution in [2.75, 3.05) is 5.32 Å². The average molecular weight is 478 g/mol. The van der Waals surface area contributed by atoms with Crippen molar-refractivity contribution < 1.29 is 18.0 Å². The maximum absolute atomic E-state index is 13.3. The Kier molecular flexibility index (Phi) is 5.88. The number of aromatic nitrogens is 2. The number of nitrogens with one attached hydrogen (secondary N) is 1. The van der Waals surface area contributed by atoms with Gasteiger partial charge in [0.2, 0.25) is 5.91 Å². The first kappa shape index (κ1) is 23.5. The van der Waals surface area contributed by atoms with E-state index in [-0.39, 0.29) is 16.7 Å². The minimum Gasteiger partial charge on any atom is -0.324 e. The van der Waals surface area contributed by atoms with Crippen molar-refractivity contribution in [1.29, 1.82) is 0 Å². The van der Waals surface area contributed by atoms with Crippen molar-refractivity contribution >= 4 is 33.1 Å². The number of halogens is 3. The number of rotatable bonds is 3. The molecule has 33 heavy (non-hydrogen) atoms. The molecule has 0 saturated carbocycles. The number of anilines is 1. The van der Waals surface area contributed by atoms with E-state index in [9.17, 15) is 22.8 Å². The zero-order valence-electron chi connectivity index (χ0n) is 18.9. The summed E-state index contributed by atoms with van der Waals surface area (Å²) in [5, 5.41) is 2.85. The molecule has 0 bridgehead atoms. The molecule has 1 aliphatic rings. The standard InChI is InChI=1S/C24H26F3N3O2S/c1-13(20(31)29-17-8-6-5-7-16(17)24(25,26)27)30-12-28-21-19(22(30)32)15-10-9-14(23(2,3)4)11-18(15)33-21/h5-8,12-14H,9-11H2,1-4H3,(H,29,31).